The third kappa shape index (κ3) is 6.90. The molecule has 0 aliphatic carbocycles. The van der Waals surface area contributed by atoms with Gasteiger partial charge in [-0.2, -0.15) is 0 Å². The molecular weight excluding hydrogens is 381 g/mol. The largest absolute Gasteiger partial charge is 0.481 e. The monoisotopic (exact) mass is 401 g/mol. The van der Waals surface area contributed by atoms with Crippen LogP contribution in [-0.4, -0.2) is 78.5 Å². The van der Waals surface area contributed by atoms with Crippen LogP contribution in [0.25, 0.3) is 0 Å². The lowest BCUT2D eigenvalue weighted by atomic mass is 9.79. The van der Waals surface area contributed by atoms with Crippen LogP contribution in [0.5, 0.6) is 0 Å². The molecule has 148 valence electrons. The standard InChI is InChI=1S/C14H20BN3O8S/c19-12(20)6-9-7-24-8-11(15(22)26-9)17-14(21)13(10-2-1-5-27-10)18-25-4-3-16-23/h1-2,5,9,11,16,22-23H,3-4,6-8H2,(H,17,21)(H,19,20)/b18-13-/t9-,11-/m0/s1. The second kappa shape index (κ2) is 11.0. The SMILES string of the molecule is O=C(O)C[C@H]1COC[C@H](NC(=O)/C(=N\OCCNO)c2cccs2)B(O)O1. The molecule has 1 aromatic rings. The lowest BCUT2D eigenvalue weighted by molar-refractivity contribution is -0.139. The number of carboxylic acids is 1. The van der Waals surface area contributed by atoms with Crippen molar-refractivity contribution in [2.24, 2.45) is 5.16 Å². The van der Waals surface area contributed by atoms with E-state index in [0.29, 0.717) is 4.88 Å². The van der Waals surface area contributed by atoms with E-state index in [9.17, 15) is 14.6 Å². The van der Waals surface area contributed by atoms with Crippen LogP contribution >= 0.6 is 11.3 Å². The molecule has 0 unspecified atom stereocenters. The fraction of sp³-hybridized carbons (Fsp3) is 0.500. The Hall–Kier alpha value is -2.03. The molecule has 1 aromatic heterocycles. The Balaban J connectivity index is 2.02. The molecule has 1 saturated heterocycles. The summed E-state index contributed by atoms with van der Waals surface area (Å²) in [4.78, 5) is 28.9. The Kier molecular flexibility index (Phi) is 8.64. The normalized spacial score (nSPS) is 20.8. The van der Waals surface area contributed by atoms with Crippen molar-refractivity contribution in [3.05, 3.63) is 22.4 Å². The second-order valence-corrected chi connectivity index (χ2v) is 6.47. The number of nitrogens with zero attached hydrogens (tertiary/aromatic N) is 1. The minimum Gasteiger partial charge on any atom is -0.481 e. The van der Waals surface area contributed by atoms with Crippen LogP contribution < -0.4 is 10.8 Å². The van der Waals surface area contributed by atoms with Crippen molar-refractivity contribution in [2.75, 3.05) is 26.4 Å². The van der Waals surface area contributed by atoms with Crippen molar-refractivity contribution in [3.8, 4) is 0 Å². The summed E-state index contributed by atoms with van der Waals surface area (Å²) in [6.45, 7) is 0.0829. The van der Waals surface area contributed by atoms with E-state index in [0.717, 1.165) is 0 Å². The maximum atomic E-state index is 12.6. The highest BCUT2D eigenvalue weighted by Crippen LogP contribution is 2.13. The van der Waals surface area contributed by atoms with Crippen LogP contribution in [0.4, 0.5) is 0 Å². The molecule has 1 aliphatic rings. The van der Waals surface area contributed by atoms with Gasteiger partial charge < -0.3 is 34.9 Å². The number of carbonyl (C=O) groups excluding carboxylic acids is 1. The molecule has 2 atom stereocenters. The number of oxime groups is 1. The van der Waals surface area contributed by atoms with E-state index in [1.807, 2.05) is 5.48 Å². The van der Waals surface area contributed by atoms with Gasteiger partial charge in [0.1, 0.15) is 6.61 Å². The molecular formula is C14H20BN3O8S. The summed E-state index contributed by atoms with van der Waals surface area (Å²) in [5, 5.41) is 35.6. The number of hydroxylamine groups is 1. The molecule has 0 spiro atoms. The minimum atomic E-state index is -1.44. The Morgan fingerprint density at radius 3 is 2.93 bits per heavy atom. The summed E-state index contributed by atoms with van der Waals surface area (Å²) < 4.78 is 10.6. The first-order valence-electron chi connectivity index (χ1n) is 8.06. The third-order valence-corrected chi connectivity index (χ3v) is 4.30. The van der Waals surface area contributed by atoms with E-state index in [4.69, 9.17) is 24.5 Å². The van der Waals surface area contributed by atoms with Gasteiger partial charge in [-0.1, -0.05) is 11.2 Å². The van der Waals surface area contributed by atoms with Crippen LogP contribution in [0.3, 0.4) is 0 Å². The Morgan fingerprint density at radius 1 is 1.44 bits per heavy atom. The van der Waals surface area contributed by atoms with E-state index in [1.165, 1.54) is 11.3 Å². The number of aliphatic carboxylic acids is 1. The number of rotatable bonds is 9. The number of carbonyl (C=O) groups is 2. The maximum absolute atomic E-state index is 12.6. The molecule has 2 rings (SSSR count). The van der Waals surface area contributed by atoms with Gasteiger partial charge in [-0.15, -0.1) is 11.3 Å². The van der Waals surface area contributed by atoms with Gasteiger partial charge >= 0.3 is 13.1 Å². The van der Waals surface area contributed by atoms with Gasteiger partial charge in [-0.05, 0) is 11.4 Å². The molecule has 5 N–H and O–H groups in total. The average molecular weight is 401 g/mol. The van der Waals surface area contributed by atoms with Gasteiger partial charge in [0.25, 0.3) is 5.91 Å². The van der Waals surface area contributed by atoms with Gasteiger partial charge in [0.2, 0.25) is 0 Å². The molecule has 11 nitrogen and oxygen atoms in total. The Morgan fingerprint density at radius 2 is 2.26 bits per heavy atom. The first kappa shape index (κ1) is 21.3. The third-order valence-electron chi connectivity index (χ3n) is 3.43. The quantitative estimate of drug-likeness (QED) is 0.149. The Bertz CT molecular complexity index is 644. The summed E-state index contributed by atoms with van der Waals surface area (Å²) in [5.41, 5.74) is 1.89. The van der Waals surface area contributed by atoms with Gasteiger partial charge in [0.15, 0.2) is 5.71 Å². The molecule has 1 aliphatic heterocycles. The molecule has 0 radical (unpaired) electrons. The van der Waals surface area contributed by atoms with Crippen LogP contribution in [0, 0.1) is 0 Å². The predicted molar refractivity (Wildman–Crippen MR) is 94.4 cm³/mol. The van der Waals surface area contributed by atoms with Crippen molar-refractivity contribution in [1.82, 2.24) is 10.8 Å². The maximum Gasteiger partial charge on any atom is 0.480 e. The molecule has 0 aromatic carbocycles. The number of amides is 1. The van der Waals surface area contributed by atoms with Crippen molar-refractivity contribution in [3.63, 3.8) is 0 Å². The topological polar surface area (TPSA) is 159 Å². The molecule has 27 heavy (non-hydrogen) atoms. The lowest BCUT2D eigenvalue weighted by Gasteiger charge is -2.19. The van der Waals surface area contributed by atoms with Crippen molar-refractivity contribution in [2.45, 2.75) is 18.5 Å². The number of nitrogens with one attached hydrogen (secondary N) is 2. The summed E-state index contributed by atoms with van der Waals surface area (Å²) in [6, 6.07) is 3.41. The van der Waals surface area contributed by atoms with Crippen molar-refractivity contribution < 1.29 is 39.2 Å². The van der Waals surface area contributed by atoms with E-state index in [1.54, 1.807) is 17.5 Å². The van der Waals surface area contributed by atoms with Crippen molar-refractivity contribution >= 4 is 36.0 Å². The second-order valence-electron chi connectivity index (χ2n) is 5.52. The fourth-order valence-corrected chi connectivity index (χ4v) is 2.91. The predicted octanol–water partition coefficient (Wildman–Crippen LogP) is -1.16. The van der Waals surface area contributed by atoms with Crippen LogP contribution in [0.15, 0.2) is 22.7 Å². The highest BCUT2D eigenvalue weighted by Gasteiger charge is 2.36. The smallest absolute Gasteiger partial charge is 0.480 e. The fourth-order valence-electron chi connectivity index (χ4n) is 2.20. The zero-order valence-corrected chi connectivity index (χ0v) is 15.1. The zero-order chi connectivity index (χ0) is 19.6. The van der Waals surface area contributed by atoms with Gasteiger partial charge in [0.05, 0.1) is 43.1 Å². The molecule has 0 saturated carbocycles. The molecule has 1 amide bonds. The number of carboxylic acid groups (broad SMARTS) is 1. The number of thiophene rings is 1. The summed E-state index contributed by atoms with van der Waals surface area (Å²) in [5.74, 6) is -2.62. The van der Waals surface area contributed by atoms with Gasteiger partial charge in [0, 0.05) is 0 Å². The van der Waals surface area contributed by atoms with E-state index >= 15 is 0 Å². The number of ether oxygens (including phenoxy) is 1. The van der Waals surface area contributed by atoms with Gasteiger partial charge in [-0.25, -0.2) is 5.48 Å². The summed E-state index contributed by atoms with van der Waals surface area (Å²) >= 11 is 1.27. The minimum absolute atomic E-state index is 0.0125. The van der Waals surface area contributed by atoms with Gasteiger partial charge in [-0.3, -0.25) is 9.59 Å². The number of hydrogen-bond donors (Lipinski definition) is 5. The number of hydrogen-bond acceptors (Lipinski definition) is 10. The highest BCUT2D eigenvalue weighted by molar-refractivity contribution is 7.13. The van der Waals surface area contributed by atoms with Crippen LogP contribution in [0.2, 0.25) is 0 Å². The molecule has 13 heteroatoms. The molecule has 0 bridgehead atoms. The summed E-state index contributed by atoms with van der Waals surface area (Å²) in [7, 11) is -1.44. The first-order chi connectivity index (χ1) is 13.0. The van der Waals surface area contributed by atoms with Crippen LogP contribution in [0.1, 0.15) is 11.3 Å². The van der Waals surface area contributed by atoms with E-state index in [2.05, 4.69) is 10.5 Å². The van der Waals surface area contributed by atoms with E-state index < -0.39 is 31.0 Å². The van der Waals surface area contributed by atoms with Crippen molar-refractivity contribution in [1.29, 1.82) is 0 Å². The summed E-state index contributed by atoms with van der Waals surface area (Å²) in [6.07, 6.45) is -1.15. The van der Waals surface area contributed by atoms with Crippen LogP contribution in [-0.2, 0) is 23.8 Å². The Labute approximate surface area is 159 Å². The molecule has 2 heterocycles. The first-order valence-corrected chi connectivity index (χ1v) is 8.94. The lowest BCUT2D eigenvalue weighted by Crippen LogP contribution is -2.52. The molecule has 1 fully saturated rings. The average Bonchev–Trinajstić information content (AvgIpc) is 3.08. The highest BCUT2D eigenvalue weighted by atomic mass is 32.1. The van der Waals surface area contributed by atoms with E-state index in [-0.39, 0.29) is 38.5 Å². The zero-order valence-electron chi connectivity index (χ0n) is 14.2.